The fraction of sp³-hybridized carbons (Fsp3) is 0.375. The summed E-state index contributed by atoms with van der Waals surface area (Å²) in [6.07, 6.45) is 0.994. The van der Waals surface area contributed by atoms with E-state index in [1.54, 1.807) is 43.3 Å². The van der Waals surface area contributed by atoms with Crippen molar-refractivity contribution in [3.8, 4) is 5.75 Å². The van der Waals surface area contributed by atoms with E-state index in [-0.39, 0.29) is 43.2 Å². The maximum absolute atomic E-state index is 12.5. The molecule has 0 radical (unpaired) electrons. The summed E-state index contributed by atoms with van der Waals surface area (Å²) in [4.78, 5) is 50.6. The van der Waals surface area contributed by atoms with Crippen LogP contribution in [-0.2, 0) is 23.9 Å². The van der Waals surface area contributed by atoms with Gasteiger partial charge in [-0.15, -0.1) is 0 Å². The van der Waals surface area contributed by atoms with Crippen LogP contribution in [0.5, 0.6) is 5.75 Å². The van der Waals surface area contributed by atoms with Gasteiger partial charge in [0, 0.05) is 42.1 Å². The Morgan fingerprint density at radius 3 is 2.08 bits per heavy atom. The van der Waals surface area contributed by atoms with Gasteiger partial charge in [0.1, 0.15) is 5.75 Å². The molecule has 2 aromatic carbocycles. The standard InChI is InChI=1S/C32H39NO7/c1-23(2)29(34)20-25(22-40-32(37)24(3)4)21-39-30(35)16-18-33(5)17-9-19-38-28-14-12-27(13-15-28)31(36)26-10-7-6-8-11-26/h6-8,10-15,25H,1,3,9,16-22H2,2,4-5H3. The number of allylic oxidation sites excluding steroid dienone is 1. The Kier molecular flexibility index (Phi) is 13.5. The minimum atomic E-state index is -0.556. The van der Waals surface area contributed by atoms with Gasteiger partial charge in [0.2, 0.25) is 0 Å². The number of nitrogens with zero attached hydrogens (tertiary/aromatic N) is 1. The van der Waals surface area contributed by atoms with E-state index in [4.69, 9.17) is 14.2 Å². The summed E-state index contributed by atoms with van der Waals surface area (Å²) in [7, 11) is 1.91. The molecule has 0 bridgehead atoms. The van der Waals surface area contributed by atoms with E-state index in [0.717, 1.165) is 6.42 Å². The quantitative estimate of drug-likeness (QED) is 0.113. The molecule has 0 fully saturated rings. The third-order valence-electron chi connectivity index (χ3n) is 6.03. The third-order valence-corrected chi connectivity index (χ3v) is 6.03. The van der Waals surface area contributed by atoms with Gasteiger partial charge in [-0.05, 0) is 57.2 Å². The lowest BCUT2D eigenvalue weighted by atomic mass is 10.0. The maximum atomic E-state index is 12.5. The average Bonchev–Trinajstić information content (AvgIpc) is 2.95. The first-order chi connectivity index (χ1) is 19.1. The summed E-state index contributed by atoms with van der Waals surface area (Å²) in [6, 6.07) is 16.2. The van der Waals surface area contributed by atoms with Gasteiger partial charge in [-0.2, -0.15) is 0 Å². The maximum Gasteiger partial charge on any atom is 0.333 e. The van der Waals surface area contributed by atoms with Crippen LogP contribution in [0, 0.1) is 5.92 Å². The van der Waals surface area contributed by atoms with Crippen molar-refractivity contribution in [2.75, 3.05) is 40.0 Å². The van der Waals surface area contributed by atoms with Crippen molar-refractivity contribution in [1.82, 2.24) is 4.90 Å². The molecule has 0 saturated carbocycles. The molecule has 0 heterocycles. The number of Topliss-reactive ketones (excluding diaryl/α,β-unsaturated/α-hetero) is 1. The Bertz CT molecular complexity index is 1170. The second-order valence-corrected chi connectivity index (χ2v) is 9.81. The average molecular weight is 550 g/mol. The summed E-state index contributed by atoms with van der Waals surface area (Å²) in [5, 5.41) is 0. The van der Waals surface area contributed by atoms with E-state index < -0.39 is 17.9 Å². The second kappa shape index (κ2) is 16.8. The van der Waals surface area contributed by atoms with Crippen molar-refractivity contribution in [1.29, 1.82) is 0 Å². The number of carbonyl (C=O) groups is 4. The number of ketones is 2. The number of hydrogen-bond donors (Lipinski definition) is 0. The molecule has 2 rings (SSSR count). The van der Waals surface area contributed by atoms with Gasteiger partial charge in [0.25, 0.3) is 0 Å². The van der Waals surface area contributed by atoms with Crippen LogP contribution in [0.25, 0.3) is 0 Å². The molecule has 0 aliphatic heterocycles. The van der Waals surface area contributed by atoms with Crippen molar-refractivity contribution >= 4 is 23.5 Å². The van der Waals surface area contributed by atoms with Crippen molar-refractivity contribution in [3.05, 3.63) is 90.0 Å². The molecule has 1 unspecified atom stereocenters. The highest BCUT2D eigenvalue weighted by Crippen LogP contribution is 2.16. The largest absolute Gasteiger partial charge is 0.494 e. The third kappa shape index (κ3) is 11.8. The van der Waals surface area contributed by atoms with Crippen molar-refractivity contribution < 1.29 is 33.4 Å². The summed E-state index contributed by atoms with van der Waals surface area (Å²) in [6.45, 7) is 11.9. The zero-order chi connectivity index (χ0) is 29.5. The van der Waals surface area contributed by atoms with E-state index >= 15 is 0 Å². The van der Waals surface area contributed by atoms with Gasteiger partial charge in [0.15, 0.2) is 11.6 Å². The lowest BCUT2D eigenvalue weighted by molar-refractivity contribution is -0.148. The monoisotopic (exact) mass is 549 g/mol. The first kappa shape index (κ1) is 32.2. The summed E-state index contributed by atoms with van der Waals surface area (Å²) >= 11 is 0. The zero-order valence-electron chi connectivity index (χ0n) is 23.6. The fourth-order valence-corrected chi connectivity index (χ4v) is 3.58. The van der Waals surface area contributed by atoms with Crippen LogP contribution >= 0.6 is 0 Å². The SMILES string of the molecule is C=C(C)C(=O)CC(COC(=O)CCN(C)CCCOc1ccc(C(=O)c2ccccc2)cc1)COC(=O)C(=C)C. The number of ether oxygens (including phenoxy) is 3. The molecule has 0 aromatic heterocycles. The van der Waals surface area contributed by atoms with Gasteiger partial charge >= 0.3 is 11.9 Å². The predicted molar refractivity (Wildman–Crippen MR) is 153 cm³/mol. The zero-order valence-corrected chi connectivity index (χ0v) is 23.6. The highest BCUT2D eigenvalue weighted by Gasteiger charge is 2.19. The smallest absolute Gasteiger partial charge is 0.333 e. The highest BCUT2D eigenvalue weighted by molar-refractivity contribution is 6.09. The lowest BCUT2D eigenvalue weighted by Crippen LogP contribution is -2.27. The Morgan fingerprint density at radius 1 is 0.825 bits per heavy atom. The van der Waals surface area contributed by atoms with Gasteiger partial charge in [-0.25, -0.2) is 4.79 Å². The predicted octanol–water partition coefficient (Wildman–Crippen LogP) is 4.82. The van der Waals surface area contributed by atoms with Crippen LogP contribution in [0.15, 0.2) is 78.9 Å². The van der Waals surface area contributed by atoms with E-state index in [1.165, 1.54) is 6.92 Å². The number of hydrogen-bond acceptors (Lipinski definition) is 8. The van der Waals surface area contributed by atoms with Gasteiger partial charge < -0.3 is 19.1 Å². The molecule has 0 aliphatic carbocycles. The molecule has 0 aliphatic rings. The number of benzene rings is 2. The molecule has 40 heavy (non-hydrogen) atoms. The number of rotatable bonds is 18. The molecule has 214 valence electrons. The second-order valence-electron chi connectivity index (χ2n) is 9.81. The van der Waals surface area contributed by atoms with Crippen LogP contribution in [0.1, 0.15) is 49.0 Å². The van der Waals surface area contributed by atoms with Crippen LogP contribution in [-0.4, -0.2) is 68.4 Å². The van der Waals surface area contributed by atoms with Gasteiger partial charge in [-0.3, -0.25) is 14.4 Å². The topological polar surface area (TPSA) is 99.2 Å². The lowest BCUT2D eigenvalue weighted by Gasteiger charge is -2.18. The Hall–Kier alpha value is -4.04. The minimum Gasteiger partial charge on any atom is -0.494 e. The Morgan fingerprint density at radius 2 is 1.45 bits per heavy atom. The van der Waals surface area contributed by atoms with E-state index in [9.17, 15) is 19.2 Å². The van der Waals surface area contributed by atoms with Crippen LogP contribution < -0.4 is 4.74 Å². The van der Waals surface area contributed by atoms with Crippen LogP contribution in [0.2, 0.25) is 0 Å². The normalized spacial score (nSPS) is 11.4. The first-order valence-corrected chi connectivity index (χ1v) is 13.2. The molecule has 0 amide bonds. The van der Waals surface area contributed by atoms with E-state index in [2.05, 4.69) is 13.2 Å². The van der Waals surface area contributed by atoms with Gasteiger partial charge in [-0.1, -0.05) is 43.5 Å². The van der Waals surface area contributed by atoms with Crippen molar-refractivity contribution in [2.24, 2.45) is 5.92 Å². The van der Waals surface area contributed by atoms with Crippen LogP contribution in [0.3, 0.4) is 0 Å². The minimum absolute atomic E-state index is 0.0330. The Labute approximate surface area is 236 Å². The summed E-state index contributed by atoms with van der Waals surface area (Å²) in [5.74, 6) is -0.936. The van der Waals surface area contributed by atoms with Crippen LogP contribution in [0.4, 0.5) is 0 Å². The van der Waals surface area contributed by atoms with Gasteiger partial charge in [0.05, 0.1) is 26.2 Å². The van der Waals surface area contributed by atoms with E-state index in [0.29, 0.717) is 42.1 Å². The fourth-order valence-electron chi connectivity index (χ4n) is 3.58. The molecule has 8 nitrogen and oxygen atoms in total. The molecule has 0 spiro atoms. The summed E-state index contributed by atoms with van der Waals surface area (Å²) in [5.41, 5.74) is 1.89. The molecule has 0 N–H and O–H groups in total. The highest BCUT2D eigenvalue weighted by atomic mass is 16.5. The first-order valence-electron chi connectivity index (χ1n) is 13.2. The van der Waals surface area contributed by atoms with E-state index in [1.807, 2.05) is 30.1 Å². The molecule has 2 aromatic rings. The Balaban J connectivity index is 1.67. The molecule has 0 saturated heterocycles. The molecule has 8 heteroatoms. The molecule has 1 atom stereocenters. The molecular formula is C32H39NO7. The van der Waals surface area contributed by atoms with Crippen molar-refractivity contribution in [2.45, 2.75) is 33.1 Å². The number of esters is 2. The molecular weight excluding hydrogens is 510 g/mol. The number of carbonyl (C=O) groups excluding carboxylic acids is 4. The van der Waals surface area contributed by atoms with Crippen molar-refractivity contribution in [3.63, 3.8) is 0 Å². The summed E-state index contributed by atoms with van der Waals surface area (Å²) < 4.78 is 16.3.